The van der Waals surface area contributed by atoms with Crippen LogP contribution in [0.3, 0.4) is 0 Å². The molecule has 70 valence electrons. The van der Waals surface area contributed by atoms with Crippen molar-refractivity contribution in [2.24, 2.45) is 0 Å². The first kappa shape index (κ1) is 8.97. The minimum atomic E-state index is 0.518. The molecule has 0 saturated carbocycles. The molecule has 0 radical (unpaired) electrons. The summed E-state index contributed by atoms with van der Waals surface area (Å²) < 4.78 is 0. The third-order valence-electron chi connectivity index (χ3n) is 1.64. The molecule has 2 aromatic rings. The van der Waals surface area contributed by atoms with Crippen molar-refractivity contribution in [3.63, 3.8) is 0 Å². The predicted molar refractivity (Wildman–Crippen MR) is 52.6 cm³/mol. The number of H-pyrrole nitrogens is 1. The van der Waals surface area contributed by atoms with Crippen molar-refractivity contribution in [3.05, 3.63) is 12.7 Å². The molecule has 14 heavy (non-hydrogen) atoms. The second kappa shape index (κ2) is 4.07. The lowest BCUT2D eigenvalue weighted by atomic mass is 10.6. The monoisotopic (exact) mass is 205 g/mol. The number of aromatic amines is 1. The summed E-state index contributed by atoms with van der Waals surface area (Å²) in [6.45, 7) is 0. The van der Waals surface area contributed by atoms with Crippen molar-refractivity contribution in [3.8, 4) is 6.07 Å². The van der Waals surface area contributed by atoms with Crippen molar-refractivity contribution in [2.45, 2.75) is 11.4 Å². The van der Waals surface area contributed by atoms with Gasteiger partial charge < -0.3 is 4.98 Å². The number of thioether (sulfide) groups is 1. The van der Waals surface area contributed by atoms with E-state index in [4.69, 9.17) is 5.26 Å². The number of rotatable bonds is 3. The van der Waals surface area contributed by atoms with Crippen LogP contribution < -0.4 is 0 Å². The number of nitrogens with zero attached hydrogens (tertiary/aromatic N) is 4. The highest BCUT2D eigenvalue weighted by Gasteiger charge is 2.05. The number of hydrogen-bond acceptors (Lipinski definition) is 5. The van der Waals surface area contributed by atoms with Crippen LogP contribution in [0.4, 0.5) is 0 Å². The summed E-state index contributed by atoms with van der Waals surface area (Å²) in [5.41, 5.74) is 1.51. The van der Waals surface area contributed by atoms with Gasteiger partial charge in [0.2, 0.25) is 0 Å². The van der Waals surface area contributed by atoms with Gasteiger partial charge in [0.05, 0.1) is 12.4 Å². The maximum Gasteiger partial charge on any atom is 0.181 e. The molecule has 0 aliphatic carbocycles. The number of aromatic nitrogens is 4. The third kappa shape index (κ3) is 1.67. The lowest BCUT2D eigenvalue weighted by Crippen LogP contribution is -1.87. The highest BCUT2D eigenvalue weighted by molar-refractivity contribution is 7.99. The molecule has 0 aliphatic heterocycles. The molecular formula is C8H7N5S. The van der Waals surface area contributed by atoms with Gasteiger partial charge in [-0.15, -0.1) is 11.8 Å². The van der Waals surface area contributed by atoms with Gasteiger partial charge in [-0.05, 0) is 0 Å². The second-order valence-electron chi connectivity index (χ2n) is 2.54. The van der Waals surface area contributed by atoms with Crippen molar-refractivity contribution in [1.29, 1.82) is 5.26 Å². The van der Waals surface area contributed by atoms with E-state index >= 15 is 0 Å². The van der Waals surface area contributed by atoms with E-state index in [1.807, 2.05) is 0 Å². The topological polar surface area (TPSA) is 78.2 Å². The Bertz CT molecular complexity index is 472. The maximum atomic E-state index is 8.40. The molecule has 0 spiro atoms. The number of nitriles is 1. The number of hydrogen-bond donors (Lipinski definition) is 1. The average Bonchev–Trinajstić information content (AvgIpc) is 2.67. The van der Waals surface area contributed by atoms with Gasteiger partial charge in [-0.2, -0.15) is 5.26 Å². The molecule has 0 aromatic carbocycles. The van der Waals surface area contributed by atoms with Crippen LogP contribution in [-0.4, -0.2) is 25.7 Å². The van der Waals surface area contributed by atoms with E-state index in [1.54, 1.807) is 6.33 Å². The molecule has 0 saturated heterocycles. The highest BCUT2D eigenvalue weighted by atomic mass is 32.2. The van der Waals surface area contributed by atoms with Crippen LogP contribution >= 0.6 is 11.8 Å². The third-order valence-corrected chi connectivity index (χ3v) is 2.63. The van der Waals surface area contributed by atoms with Crippen LogP contribution in [0.1, 0.15) is 6.42 Å². The first-order chi connectivity index (χ1) is 6.92. The lowest BCUT2D eigenvalue weighted by molar-refractivity contribution is 1.08. The molecule has 2 rings (SSSR count). The van der Waals surface area contributed by atoms with Gasteiger partial charge in [-0.3, -0.25) is 0 Å². The van der Waals surface area contributed by atoms with Crippen LogP contribution in [0, 0.1) is 11.3 Å². The standard InChI is InChI=1S/C8H7N5S/c9-2-1-3-14-8-6-7(11-4-10-6)12-5-13-8/h4-5H,1,3H2,(H,10,11,12,13). The largest absolute Gasteiger partial charge is 0.341 e. The molecule has 0 amide bonds. The van der Waals surface area contributed by atoms with Crippen molar-refractivity contribution in [1.82, 2.24) is 19.9 Å². The normalized spacial score (nSPS) is 10.2. The first-order valence-corrected chi connectivity index (χ1v) is 5.04. The van der Waals surface area contributed by atoms with Gasteiger partial charge in [-0.25, -0.2) is 15.0 Å². The number of imidazole rings is 1. The SMILES string of the molecule is N#CCCSc1ncnc2nc[nH]c12. The fourth-order valence-corrected chi connectivity index (χ4v) is 1.85. The van der Waals surface area contributed by atoms with Crippen LogP contribution in [0.25, 0.3) is 11.2 Å². The zero-order valence-corrected chi connectivity index (χ0v) is 8.08. The minimum absolute atomic E-state index is 0.518. The summed E-state index contributed by atoms with van der Waals surface area (Å²) in [6.07, 6.45) is 3.59. The van der Waals surface area contributed by atoms with Crippen molar-refractivity contribution >= 4 is 22.9 Å². The Labute approximate surface area is 84.6 Å². The molecule has 0 aliphatic rings. The zero-order chi connectivity index (χ0) is 9.80. The Kier molecular flexibility index (Phi) is 2.60. The van der Waals surface area contributed by atoms with Gasteiger partial charge in [-0.1, -0.05) is 0 Å². The van der Waals surface area contributed by atoms with E-state index in [-0.39, 0.29) is 0 Å². The molecule has 6 heteroatoms. The Morgan fingerprint density at radius 3 is 3.21 bits per heavy atom. The summed E-state index contributed by atoms with van der Waals surface area (Å²) in [7, 11) is 0. The van der Waals surface area contributed by atoms with Gasteiger partial charge in [0.1, 0.15) is 16.9 Å². The van der Waals surface area contributed by atoms with Crippen LogP contribution in [0.15, 0.2) is 17.7 Å². The molecular weight excluding hydrogens is 198 g/mol. The average molecular weight is 205 g/mol. The van der Waals surface area contributed by atoms with Crippen LogP contribution in [-0.2, 0) is 0 Å². The van der Waals surface area contributed by atoms with E-state index in [1.165, 1.54) is 18.1 Å². The fourth-order valence-electron chi connectivity index (χ4n) is 1.05. The summed E-state index contributed by atoms with van der Waals surface area (Å²) in [4.78, 5) is 15.1. The Balaban J connectivity index is 2.24. The van der Waals surface area contributed by atoms with Gasteiger partial charge in [0.15, 0.2) is 5.65 Å². The van der Waals surface area contributed by atoms with E-state index in [9.17, 15) is 0 Å². The Morgan fingerprint density at radius 1 is 1.43 bits per heavy atom. The minimum Gasteiger partial charge on any atom is -0.341 e. The van der Waals surface area contributed by atoms with E-state index < -0.39 is 0 Å². The lowest BCUT2D eigenvalue weighted by Gasteiger charge is -1.97. The molecule has 2 heterocycles. The smallest absolute Gasteiger partial charge is 0.181 e. The predicted octanol–water partition coefficient (Wildman–Crippen LogP) is 1.36. The summed E-state index contributed by atoms with van der Waals surface area (Å²) in [5, 5.41) is 9.25. The zero-order valence-electron chi connectivity index (χ0n) is 7.27. The molecule has 0 bridgehead atoms. The van der Waals surface area contributed by atoms with Crippen molar-refractivity contribution in [2.75, 3.05) is 5.75 Å². The number of nitrogens with one attached hydrogen (secondary N) is 1. The summed E-state index contributed by atoms with van der Waals surface area (Å²) in [5.74, 6) is 0.738. The molecule has 1 N–H and O–H groups in total. The second-order valence-corrected chi connectivity index (χ2v) is 3.62. The Morgan fingerprint density at radius 2 is 2.36 bits per heavy atom. The van der Waals surface area contributed by atoms with E-state index in [2.05, 4.69) is 26.0 Å². The fraction of sp³-hybridized carbons (Fsp3) is 0.250. The summed E-state index contributed by atoms with van der Waals surface area (Å²) >= 11 is 1.53. The van der Waals surface area contributed by atoms with Gasteiger partial charge in [0, 0.05) is 12.2 Å². The molecule has 5 nitrogen and oxygen atoms in total. The molecule has 0 fully saturated rings. The van der Waals surface area contributed by atoms with E-state index in [0.717, 1.165) is 16.3 Å². The van der Waals surface area contributed by atoms with Crippen molar-refractivity contribution < 1.29 is 0 Å². The maximum absolute atomic E-state index is 8.40. The highest BCUT2D eigenvalue weighted by Crippen LogP contribution is 2.21. The quantitative estimate of drug-likeness (QED) is 0.465. The Hall–Kier alpha value is -1.61. The number of fused-ring (bicyclic) bond motifs is 1. The van der Waals surface area contributed by atoms with Gasteiger partial charge >= 0.3 is 0 Å². The summed E-state index contributed by atoms with van der Waals surface area (Å²) in [6, 6.07) is 2.09. The molecule has 2 aromatic heterocycles. The van der Waals surface area contributed by atoms with Crippen LogP contribution in [0.2, 0.25) is 0 Å². The first-order valence-electron chi connectivity index (χ1n) is 4.05. The molecule has 0 atom stereocenters. The van der Waals surface area contributed by atoms with E-state index in [0.29, 0.717) is 12.1 Å². The van der Waals surface area contributed by atoms with Gasteiger partial charge in [0.25, 0.3) is 0 Å². The van der Waals surface area contributed by atoms with Crippen LogP contribution in [0.5, 0.6) is 0 Å². The molecule has 0 unspecified atom stereocenters.